The van der Waals surface area contributed by atoms with Crippen molar-refractivity contribution in [2.45, 2.75) is 57.8 Å². The number of carboxylic acid groups (broad SMARTS) is 1. The molecule has 16 heavy (non-hydrogen) atoms. The van der Waals surface area contributed by atoms with Gasteiger partial charge >= 0.3 is 5.97 Å². The fraction of sp³-hybridized carbons (Fsp3) is 0.923. The van der Waals surface area contributed by atoms with E-state index in [9.17, 15) is 9.90 Å². The number of aliphatic carboxylic acids is 1. The fourth-order valence-electron chi connectivity index (χ4n) is 2.70. The Labute approximate surface area is 98.4 Å². The van der Waals surface area contributed by atoms with Gasteiger partial charge in [-0.3, -0.25) is 4.79 Å². The maximum Gasteiger partial charge on any atom is 0.306 e. The molecule has 1 rings (SSSR count). The van der Waals surface area contributed by atoms with Gasteiger partial charge < -0.3 is 10.8 Å². The van der Waals surface area contributed by atoms with Crippen LogP contribution in [-0.2, 0) is 4.79 Å². The van der Waals surface area contributed by atoms with Crippen molar-refractivity contribution in [2.24, 2.45) is 17.6 Å². The van der Waals surface area contributed by atoms with Crippen LogP contribution < -0.4 is 5.73 Å². The second-order valence-corrected chi connectivity index (χ2v) is 5.06. The van der Waals surface area contributed by atoms with Crippen LogP contribution in [0.25, 0.3) is 0 Å². The van der Waals surface area contributed by atoms with E-state index in [1.165, 1.54) is 32.1 Å². The first-order chi connectivity index (χ1) is 7.74. The van der Waals surface area contributed by atoms with Gasteiger partial charge in [0.2, 0.25) is 0 Å². The third-order valence-electron chi connectivity index (χ3n) is 3.70. The molecule has 0 aromatic heterocycles. The van der Waals surface area contributed by atoms with E-state index in [1.807, 2.05) is 0 Å². The molecule has 1 aliphatic rings. The minimum atomic E-state index is -0.609. The molecule has 0 bridgehead atoms. The van der Waals surface area contributed by atoms with Crippen LogP contribution in [0.15, 0.2) is 0 Å². The van der Waals surface area contributed by atoms with Crippen LogP contribution in [0.5, 0.6) is 0 Å². The molecule has 0 aromatic carbocycles. The van der Waals surface area contributed by atoms with E-state index in [1.54, 1.807) is 0 Å². The van der Waals surface area contributed by atoms with Crippen molar-refractivity contribution in [1.82, 2.24) is 0 Å². The van der Waals surface area contributed by atoms with E-state index in [0.29, 0.717) is 12.5 Å². The molecule has 3 heteroatoms. The van der Waals surface area contributed by atoms with Crippen LogP contribution in [0, 0.1) is 11.8 Å². The van der Waals surface area contributed by atoms with E-state index in [0.717, 1.165) is 25.7 Å². The van der Waals surface area contributed by atoms with Crippen LogP contribution >= 0.6 is 0 Å². The summed E-state index contributed by atoms with van der Waals surface area (Å²) in [5, 5.41) is 9.17. The molecule has 1 atom stereocenters. The van der Waals surface area contributed by atoms with Gasteiger partial charge in [-0.15, -0.1) is 0 Å². The molecule has 1 aliphatic carbocycles. The van der Waals surface area contributed by atoms with Crippen molar-refractivity contribution in [3.63, 3.8) is 0 Å². The molecule has 0 radical (unpaired) electrons. The van der Waals surface area contributed by atoms with Gasteiger partial charge in [-0.1, -0.05) is 38.5 Å². The fourth-order valence-corrected chi connectivity index (χ4v) is 2.70. The van der Waals surface area contributed by atoms with Gasteiger partial charge in [-0.05, 0) is 31.7 Å². The van der Waals surface area contributed by atoms with E-state index < -0.39 is 5.97 Å². The number of carboxylic acids is 1. The third kappa shape index (κ3) is 4.97. The summed E-state index contributed by atoms with van der Waals surface area (Å²) in [6, 6.07) is 0. The van der Waals surface area contributed by atoms with Gasteiger partial charge in [0.05, 0.1) is 5.92 Å². The summed E-state index contributed by atoms with van der Waals surface area (Å²) in [4.78, 5) is 11.1. The number of unbranched alkanes of at least 4 members (excludes halogenated alkanes) is 1. The minimum Gasteiger partial charge on any atom is -0.481 e. The summed E-state index contributed by atoms with van der Waals surface area (Å²) in [7, 11) is 0. The monoisotopic (exact) mass is 227 g/mol. The molecule has 0 amide bonds. The number of hydrogen-bond acceptors (Lipinski definition) is 2. The highest BCUT2D eigenvalue weighted by Crippen LogP contribution is 2.30. The second-order valence-electron chi connectivity index (χ2n) is 5.06. The van der Waals surface area contributed by atoms with Crippen molar-refractivity contribution in [2.75, 3.05) is 6.54 Å². The summed E-state index contributed by atoms with van der Waals surface area (Å²) < 4.78 is 0. The second kappa shape index (κ2) is 7.66. The molecule has 0 saturated heterocycles. The molecule has 0 aromatic rings. The largest absolute Gasteiger partial charge is 0.481 e. The molecule has 1 unspecified atom stereocenters. The predicted octanol–water partition coefficient (Wildman–Crippen LogP) is 2.79. The lowest BCUT2D eigenvalue weighted by atomic mass is 9.81. The molecule has 0 heterocycles. The maximum atomic E-state index is 11.1. The molecular formula is C13H25NO2. The first-order valence-electron chi connectivity index (χ1n) is 6.67. The zero-order valence-electron chi connectivity index (χ0n) is 10.2. The molecule has 0 spiro atoms. The summed E-state index contributed by atoms with van der Waals surface area (Å²) in [6.07, 6.45) is 10.00. The lowest BCUT2D eigenvalue weighted by molar-refractivity contribution is -0.142. The Morgan fingerprint density at radius 1 is 1.25 bits per heavy atom. The summed E-state index contributed by atoms with van der Waals surface area (Å²) in [5.74, 6) is -0.0787. The van der Waals surface area contributed by atoms with Crippen LogP contribution in [0.1, 0.15) is 57.8 Å². The van der Waals surface area contributed by atoms with Gasteiger partial charge in [-0.25, -0.2) is 0 Å². The SMILES string of the molecule is NCCCCC(CC1CCCCC1)C(=O)O. The number of hydrogen-bond donors (Lipinski definition) is 2. The Kier molecular flexibility index (Phi) is 6.46. The highest BCUT2D eigenvalue weighted by Gasteiger charge is 2.23. The van der Waals surface area contributed by atoms with Gasteiger partial charge in [0.1, 0.15) is 0 Å². The Bertz CT molecular complexity index is 200. The molecule has 1 saturated carbocycles. The number of nitrogens with two attached hydrogens (primary N) is 1. The molecule has 94 valence electrons. The van der Waals surface area contributed by atoms with Crippen molar-refractivity contribution < 1.29 is 9.90 Å². The Hall–Kier alpha value is -0.570. The Morgan fingerprint density at radius 2 is 1.94 bits per heavy atom. The predicted molar refractivity (Wildman–Crippen MR) is 65.2 cm³/mol. The lowest BCUT2D eigenvalue weighted by Gasteiger charge is -2.24. The maximum absolute atomic E-state index is 11.1. The van der Waals surface area contributed by atoms with Crippen molar-refractivity contribution >= 4 is 5.97 Å². The third-order valence-corrected chi connectivity index (χ3v) is 3.70. The standard InChI is InChI=1S/C13H25NO2/c14-9-5-4-8-12(13(15)16)10-11-6-2-1-3-7-11/h11-12H,1-10,14H2,(H,15,16). The zero-order valence-corrected chi connectivity index (χ0v) is 10.2. The summed E-state index contributed by atoms with van der Waals surface area (Å²) in [6.45, 7) is 0.676. The smallest absolute Gasteiger partial charge is 0.306 e. The van der Waals surface area contributed by atoms with E-state index >= 15 is 0 Å². The van der Waals surface area contributed by atoms with Crippen molar-refractivity contribution in [1.29, 1.82) is 0 Å². The molecule has 3 nitrogen and oxygen atoms in total. The van der Waals surface area contributed by atoms with E-state index in [4.69, 9.17) is 5.73 Å². The van der Waals surface area contributed by atoms with Crippen LogP contribution in [0.3, 0.4) is 0 Å². The number of carbonyl (C=O) groups is 1. The van der Waals surface area contributed by atoms with Gasteiger partial charge in [-0.2, -0.15) is 0 Å². The normalized spacial score (nSPS) is 19.6. The van der Waals surface area contributed by atoms with Gasteiger partial charge in [0.25, 0.3) is 0 Å². The summed E-state index contributed by atoms with van der Waals surface area (Å²) in [5.41, 5.74) is 5.43. The quantitative estimate of drug-likeness (QED) is 0.657. The van der Waals surface area contributed by atoms with Gasteiger partial charge in [0, 0.05) is 0 Å². The first kappa shape index (κ1) is 13.5. The summed E-state index contributed by atoms with van der Waals surface area (Å²) >= 11 is 0. The highest BCUT2D eigenvalue weighted by molar-refractivity contribution is 5.69. The Morgan fingerprint density at radius 3 is 2.50 bits per heavy atom. The van der Waals surface area contributed by atoms with Crippen LogP contribution in [-0.4, -0.2) is 17.6 Å². The van der Waals surface area contributed by atoms with Crippen LogP contribution in [0.4, 0.5) is 0 Å². The average molecular weight is 227 g/mol. The molecule has 0 aliphatic heterocycles. The zero-order chi connectivity index (χ0) is 11.8. The van der Waals surface area contributed by atoms with E-state index in [2.05, 4.69) is 0 Å². The average Bonchev–Trinajstić information content (AvgIpc) is 2.29. The molecule has 3 N–H and O–H groups in total. The van der Waals surface area contributed by atoms with Crippen molar-refractivity contribution in [3.8, 4) is 0 Å². The highest BCUT2D eigenvalue weighted by atomic mass is 16.4. The minimum absolute atomic E-state index is 0.130. The van der Waals surface area contributed by atoms with Crippen LogP contribution in [0.2, 0.25) is 0 Å². The topological polar surface area (TPSA) is 63.3 Å². The Balaban J connectivity index is 2.28. The lowest BCUT2D eigenvalue weighted by Crippen LogP contribution is -2.19. The number of rotatable bonds is 7. The van der Waals surface area contributed by atoms with Crippen molar-refractivity contribution in [3.05, 3.63) is 0 Å². The molecular weight excluding hydrogens is 202 g/mol. The molecule has 1 fully saturated rings. The first-order valence-corrected chi connectivity index (χ1v) is 6.67. The van der Waals surface area contributed by atoms with Gasteiger partial charge in [0.15, 0.2) is 0 Å². The van der Waals surface area contributed by atoms with E-state index in [-0.39, 0.29) is 5.92 Å².